The fourth-order valence-electron chi connectivity index (χ4n) is 2.17. The van der Waals surface area contributed by atoms with Crippen LogP contribution in [-0.2, 0) is 4.79 Å². The molecule has 6 nitrogen and oxygen atoms in total. The molecule has 0 atom stereocenters. The Morgan fingerprint density at radius 1 is 1.18 bits per heavy atom. The summed E-state index contributed by atoms with van der Waals surface area (Å²) in [5.74, 6) is -1.34. The Balaban J connectivity index is 1.54. The number of hydrogen-bond donors (Lipinski definition) is 2. The van der Waals surface area contributed by atoms with Crippen LogP contribution in [0.15, 0.2) is 46.8 Å². The molecular weight excluding hydrogens is 423 g/mol. The first-order valence-corrected chi connectivity index (χ1v) is 10.2. The van der Waals surface area contributed by atoms with Gasteiger partial charge in [-0.05, 0) is 36.8 Å². The molecule has 10 heteroatoms. The molecule has 0 aliphatic rings. The quantitative estimate of drug-likeness (QED) is 0.435. The Morgan fingerprint density at radius 3 is 2.75 bits per heavy atom. The third-order valence-electron chi connectivity index (χ3n) is 3.55. The summed E-state index contributed by atoms with van der Waals surface area (Å²) in [4.78, 5) is 24.2. The van der Waals surface area contributed by atoms with E-state index in [1.165, 1.54) is 30.0 Å². The number of halogens is 2. The molecule has 0 aliphatic carbocycles. The zero-order valence-electron chi connectivity index (χ0n) is 14.5. The van der Waals surface area contributed by atoms with Crippen molar-refractivity contribution in [2.24, 2.45) is 0 Å². The van der Waals surface area contributed by atoms with Gasteiger partial charge in [-0.15, -0.1) is 10.2 Å². The van der Waals surface area contributed by atoms with E-state index >= 15 is 0 Å². The molecule has 0 fully saturated rings. The third kappa shape index (κ3) is 5.28. The number of thioether (sulfide) groups is 1. The highest BCUT2D eigenvalue weighted by molar-refractivity contribution is 8.01. The van der Waals surface area contributed by atoms with Crippen molar-refractivity contribution in [2.75, 3.05) is 16.4 Å². The smallest absolute Gasteiger partial charge is 0.260 e. The first kappa shape index (κ1) is 20.2. The van der Waals surface area contributed by atoms with Crippen LogP contribution < -0.4 is 10.6 Å². The lowest BCUT2D eigenvalue weighted by atomic mass is 10.2. The fourth-order valence-corrected chi connectivity index (χ4v) is 3.89. The number of aryl methyl sites for hydroxylation is 1. The third-order valence-corrected chi connectivity index (χ3v) is 5.75. The molecule has 2 N–H and O–H groups in total. The predicted octanol–water partition coefficient (Wildman–Crippen LogP) is 4.62. The van der Waals surface area contributed by atoms with Crippen LogP contribution in [-0.4, -0.2) is 27.8 Å². The number of aromatic nitrogens is 2. The van der Waals surface area contributed by atoms with Gasteiger partial charge in [-0.25, -0.2) is 4.39 Å². The second-order valence-corrected chi connectivity index (χ2v) is 8.24. The summed E-state index contributed by atoms with van der Waals surface area (Å²) in [6, 6.07) is 10.9. The fraction of sp³-hybridized carbons (Fsp3) is 0.111. The molecule has 3 rings (SSSR count). The van der Waals surface area contributed by atoms with Crippen LogP contribution in [0.3, 0.4) is 0 Å². The topological polar surface area (TPSA) is 84.0 Å². The van der Waals surface area contributed by atoms with Gasteiger partial charge in [0.2, 0.25) is 11.0 Å². The number of rotatable bonds is 6. The van der Waals surface area contributed by atoms with E-state index in [1.54, 1.807) is 18.2 Å². The van der Waals surface area contributed by atoms with E-state index in [1.807, 2.05) is 13.0 Å². The number of nitrogens with zero attached hydrogens (tertiary/aromatic N) is 2. The van der Waals surface area contributed by atoms with E-state index < -0.39 is 11.7 Å². The molecule has 1 aromatic heterocycles. The standard InChI is InChI=1S/C18H14ClFN4O2S2/c1-10-6-7-11(19)8-14(10)21-15(25)9-27-18-24-23-17(28-18)22-16(26)12-4-2-3-5-13(12)20/h2-8H,9H2,1H3,(H,21,25)(H,22,23,26). The zero-order chi connectivity index (χ0) is 20.1. The Bertz CT molecular complexity index is 1030. The molecular formula is C18H14ClFN4O2S2. The minimum absolute atomic E-state index is 0.0804. The second kappa shape index (κ2) is 9.13. The lowest BCUT2D eigenvalue weighted by molar-refractivity contribution is -0.113. The van der Waals surface area contributed by atoms with Crippen LogP contribution >= 0.6 is 34.7 Å². The second-order valence-electron chi connectivity index (χ2n) is 5.60. The van der Waals surface area contributed by atoms with Gasteiger partial charge in [0.15, 0.2) is 4.34 Å². The van der Waals surface area contributed by atoms with E-state index in [0.717, 1.165) is 16.9 Å². The molecule has 0 radical (unpaired) electrons. The molecule has 0 bridgehead atoms. The number of anilines is 2. The van der Waals surface area contributed by atoms with Crippen LogP contribution in [0.5, 0.6) is 0 Å². The average Bonchev–Trinajstić information content (AvgIpc) is 3.10. The van der Waals surface area contributed by atoms with Crippen molar-refractivity contribution in [3.63, 3.8) is 0 Å². The summed E-state index contributed by atoms with van der Waals surface area (Å²) in [7, 11) is 0. The van der Waals surface area contributed by atoms with Gasteiger partial charge in [-0.1, -0.05) is 52.9 Å². The Morgan fingerprint density at radius 2 is 1.96 bits per heavy atom. The van der Waals surface area contributed by atoms with Crippen LogP contribution in [0.2, 0.25) is 5.02 Å². The number of amides is 2. The minimum Gasteiger partial charge on any atom is -0.325 e. The molecule has 3 aromatic rings. The van der Waals surface area contributed by atoms with E-state index in [2.05, 4.69) is 20.8 Å². The molecule has 144 valence electrons. The molecule has 28 heavy (non-hydrogen) atoms. The molecule has 2 aromatic carbocycles. The maximum atomic E-state index is 13.6. The van der Waals surface area contributed by atoms with Crippen molar-refractivity contribution in [3.05, 3.63) is 64.4 Å². The highest BCUT2D eigenvalue weighted by Crippen LogP contribution is 2.26. The van der Waals surface area contributed by atoms with E-state index in [-0.39, 0.29) is 22.4 Å². The van der Waals surface area contributed by atoms with Crippen molar-refractivity contribution in [1.29, 1.82) is 0 Å². The van der Waals surface area contributed by atoms with Crippen LogP contribution in [0.4, 0.5) is 15.2 Å². The first-order valence-electron chi connectivity index (χ1n) is 8.00. The highest BCUT2D eigenvalue weighted by atomic mass is 35.5. The Hall–Kier alpha value is -2.49. The predicted molar refractivity (Wildman–Crippen MR) is 110 cm³/mol. The van der Waals surface area contributed by atoms with Gasteiger partial charge in [0.25, 0.3) is 5.91 Å². The number of carbonyl (C=O) groups is 2. The zero-order valence-corrected chi connectivity index (χ0v) is 16.9. The maximum Gasteiger partial charge on any atom is 0.260 e. The molecule has 1 heterocycles. The first-order chi connectivity index (χ1) is 13.4. The van der Waals surface area contributed by atoms with Gasteiger partial charge >= 0.3 is 0 Å². The molecule has 0 saturated heterocycles. The molecule has 2 amide bonds. The summed E-state index contributed by atoms with van der Waals surface area (Å²) in [5.41, 5.74) is 1.47. The van der Waals surface area contributed by atoms with Gasteiger partial charge in [0.1, 0.15) is 5.82 Å². The highest BCUT2D eigenvalue weighted by Gasteiger charge is 2.14. The minimum atomic E-state index is -0.618. The number of nitrogens with one attached hydrogen (secondary N) is 2. The largest absolute Gasteiger partial charge is 0.325 e. The van der Waals surface area contributed by atoms with Gasteiger partial charge in [-0.2, -0.15) is 0 Å². The van der Waals surface area contributed by atoms with Crippen LogP contribution in [0.1, 0.15) is 15.9 Å². The average molecular weight is 437 g/mol. The Labute approximate surface area is 173 Å². The summed E-state index contributed by atoms with van der Waals surface area (Å²) in [6.07, 6.45) is 0. The van der Waals surface area contributed by atoms with Crippen molar-refractivity contribution >= 4 is 57.3 Å². The monoisotopic (exact) mass is 436 g/mol. The van der Waals surface area contributed by atoms with E-state index in [4.69, 9.17) is 11.6 Å². The molecule has 0 aliphatic heterocycles. The van der Waals surface area contributed by atoms with Crippen LogP contribution in [0.25, 0.3) is 0 Å². The normalized spacial score (nSPS) is 10.5. The number of carbonyl (C=O) groups excluding carboxylic acids is 2. The SMILES string of the molecule is Cc1ccc(Cl)cc1NC(=O)CSc1nnc(NC(=O)c2ccccc2F)s1. The van der Waals surface area contributed by atoms with Gasteiger partial charge < -0.3 is 5.32 Å². The lowest BCUT2D eigenvalue weighted by Crippen LogP contribution is -2.14. The molecule has 0 saturated carbocycles. The lowest BCUT2D eigenvalue weighted by Gasteiger charge is -2.08. The van der Waals surface area contributed by atoms with Crippen LogP contribution in [0, 0.1) is 12.7 Å². The van der Waals surface area contributed by atoms with Gasteiger partial charge in [-0.3, -0.25) is 14.9 Å². The van der Waals surface area contributed by atoms with Gasteiger partial charge in [0.05, 0.1) is 11.3 Å². The molecule has 0 unspecified atom stereocenters. The van der Waals surface area contributed by atoms with Crippen molar-refractivity contribution < 1.29 is 14.0 Å². The summed E-state index contributed by atoms with van der Waals surface area (Å²) in [5, 5.41) is 13.8. The van der Waals surface area contributed by atoms with Crippen molar-refractivity contribution in [3.8, 4) is 0 Å². The maximum absolute atomic E-state index is 13.6. The van der Waals surface area contributed by atoms with Crippen molar-refractivity contribution in [2.45, 2.75) is 11.3 Å². The number of benzene rings is 2. The van der Waals surface area contributed by atoms with E-state index in [0.29, 0.717) is 15.0 Å². The number of hydrogen-bond acceptors (Lipinski definition) is 6. The van der Waals surface area contributed by atoms with Crippen molar-refractivity contribution in [1.82, 2.24) is 10.2 Å². The molecule has 0 spiro atoms. The van der Waals surface area contributed by atoms with Gasteiger partial charge in [0, 0.05) is 10.7 Å². The van der Waals surface area contributed by atoms with E-state index in [9.17, 15) is 14.0 Å². The summed E-state index contributed by atoms with van der Waals surface area (Å²) < 4.78 is 14.1. The Kier molecular flexibility index (Phi) is 6.61. The summed E-state index contributed by atoms with van der Waals surface area (Å²) in [6.45, 7) is 1.87. The summed E-state index contributed by atoms with van der Waals surface area (Å²) >= 11 is 8.22.